The van der Waals surface area contributed by atoms with Crippen molar-refractivity contribution in [3.8, 4) is 11.1 Å². The number of nitrogens with zero attached hydrogens (tertiary/aromatic N) is 1. The van der Waals surface area contributed by atoms with E-state index in [0.717, 1.165) is 12.0 Å². The molecule has 0 saturated carbocycles. The maximum absolute atomic E-state index is 13.0. The molecule has 1 amide bonds. The third-order valence-corrected chi connectivity index (χ3v) is 6.07. The molecule has 2 aromatic carbocycles. The van der Waals surface area contributed by atoms with Gasteiger partial charge in [-0.25, -0.2) is 8.42 Å². The number of carbonyl (C=O) groups excluding carboxylic acids is 1. The lowest BCUT2D eigenvalue weighted by Gasteiger charge is -2.31. The molecule has 0 radical (unpaired) electrons. The number of para-hydroxylation sites is 1. The van der Waals surface area contributed by atoms with Crippen LogP contribution in [0, 0.1) is 5.92 Å². The van der Waals surface area contributed by atoms with Gasteiger partial charge in [-0.05, 0) is 24.5 Å². The molecule has 1 heterocycles. The van der Waals surface area contributed by atoms with Crippen molar-refractivity contribution in [2.45, 2.75) is 25.2 Å². The summed E-state index contributed by atoms with van der Waals surface area (Å²) in [6.45, 7) is 4.48. The number of fused-ring (bicyclic) bond motifs is 3. The fourth-order valence-corrected chi connectivity index (χ4v) is 4.59. The first kappa shape index (κ1) is 17.5. The van der Waals surface area contributed by atoms with Gasteiger partial charge in [-0.1, -0.05) is 50.2 Å². The average Bonchev–Trinajstić information content (AvgIpc) is 2.58. The normalized spacial score (nSPS) is 14.8. The van der Waals surface area contributed by atoms with Crippen molar-refractivity contribution in [1.82, 2.24) is 5.32 Å². The number of carbonyl (C=O) groups is 1. The molecule has 0 aliphatic carbocycles. The number of nitrogens with one attached hydrogen (secondary N) is 1. The van der Waals surface area contributed by atoms with Gasteiger partial charge in [0.1, 0.15) is 6.54 Å². The van der Waals surface area contributed by atoms with Crippen LogP contribution < -0.4 is 9.62 Å². The summed E-state index contributed by atoms with van der Waals surface area (Å²) in [4.78, 5) is 12.5. The minimum Gasteiger partial charge on any atom is -0.355 e. The van der Waals surface area contributed by atoms with Crippen molar-refractivity contribution in [1.29, 1.82) is 0 Å². The van der Waals surface area contributed by atoms with Crippen molar-refractivity contribution in [3.05, 3.63) is 48.5 Å². The second-order valence-corrected chi connectivity index (χ2v) is 8.39. The molecule has 0 atom stereocenters. The molecular formula is C19H22N2O3S. The maximum atomic E-state index is 13.0. The number of rotatable bonds is 5. The largest absolute Gasteiger partial charge is 0.355 e. The fraction of sp³-hybridized carbons (Fsp3) is 0.316. The first-order chi connectivity index (χ1) is 11.9. The van der Waals surface area contributed by atoms with Crippen LogP contribution in [0.25, 0.3) is 11.1 Å². The van der Waals surface area contributed by atoms with Crippen LogP contribution in [-0.2, 0) is 14.8 Å². The van der Waals surface area contributed by atoms with Crippen molar-refractivity contribution in [2.24, 2.45) is 5.92 Å². The molecule has 0 aromatic heterocycles. The number of sulfonamides is 1. The van der Waals surface area contributed by atoms with E-state index in [-0.39, 0.29) is 17.3 Å². The summed E-state index contributed by atoms with van der Waals surface area (Å²) in [7, 11) is -3.76. The molecule has 25 heavy (non-hydrogen) atoms. The number of hydrogen-bond acceptors (Lipinski definition) is 3. The summed E-state index contributed by atoms with van der Waals surface area (Å²) < 4.78 is 27.3. The molecule has 1 N–H and O–H groups in total. The molecule has 6 heteroatoms. The lowest BCUT2D eigenvalue weighted by atomic mass is 10.0. The Balaban J connectivity index is 1.93. The smallest absolute Gasteiger partial charge is 0.265 e. The van der Waals surface area contributed by atoms with E-state index in [1.165, 1.54) is 4.31 Å². The minimum atomic E-state index is -3.76. The highest BCUT2D eigenvalue weighted by Gasteiger charge is 2.35. The fourth-order valence-electron chi connectivity index (χ4n) is 2.94. The third kappa shape index (κ3) is 3.39. The molecule has 1 aliphatic rings. The van der Waals surface area contributed by atoms with Gasteiger partial charge in [-0.3, -0.25) is 9.10 Å². The summed E-state index contributed by atoms with van der Waals surface area (Å²) in [5, 5.41) is 2.81. The molecule has 132 valence electrons. The van der Waals surface area contributed by atoms with Crippen LogP contribution in [0.15, 0.2) is 53.4 Å². The van der Waals surface area contributed by atoms with Crippen LogP contribution in [0.2, 0.25) is 0 Å². The Hall–Kier alpha value is -2.34. The Kier molecular flexibility index (Phi) is 4.81. The lowest BCUT2D eigenvalue weighted by Crippen LogP contribution is -2.42. The summed E-state index contributed by atoms with van der Waals surface area (Å²) in [5.41, 5.74) is 2.04. The van der Waals surface area contributed by atoms with Crippen LogP contribution in [-0.4, -0.2) is 27.4 Å². The predicted molar refractivity (Wildman–Crippen MR) is 98.9 cm³/mol. The highest BCUT2D eigenvalue weighted by molar-refractivity contribution is 7.93. The molecule has 3 rings (SSSR count). The average molecular weight is 358 g/mol. The van der Waals surface area contributed by atoms with Crippen LogP contribution >= 0.6 is 0 Å². The Morgan fingerprint density at radius 1 is 1.04 bits per heavy atom. The van der Waals surface area contributed by atoms with Crippen molar-refractivity contribution < 1.29 is 13.2 Å². The maximum Gasteiger partial charge on any atom is 0.265 e. The Morgan fingerprint density at radius 3 is 2.40 bits per heavy atom. The van der Waals surface area contributed by atoms with E-state index in [4.69, 9.17) is 0 Å². The van der Waals surface area contributed by atoms with E-state index < -0.39 is 10.0 Å². The summed E-state index contributed by atoms with van der Waals surface area (Å²) in [5.74, 6) is 0.185. The van der Waals surface area contributed by atoms with Gasteiger partial charge in [0.05, 0.1) is 10.6 Å². The molecule has 0 spiro atoms. The topological polar surface area (TPSA) is 66.5 Å². The van der Waals surface area contributed by atoms with Crippen LogP contribution in [0.1, 0.15) is 20.3 Å². The SMILES string of the molecule is CC(C)CCNC(=O)CN1c2ccccc2-c2ccccc2S1(=O)=O. The summed E-state index contributed by atoms with van der Waals surface area (Å²) in [6, 6.07) is 14.2. The summed E-state index contributed by atoms with van der Waals surface area (Å²) >= 11 is 0. The van der Waals surface area contributed by atoms with Gasteiger partial charge in [-0.15, -0.1) is 0 Å². The van der Waals surface area contributed by atoms with Gasteiger partial charge in [0.15, 0.2) is 0 Å². The monoisotopic (exact) mass is 358 g/mol. The molecule has 0 bridgehead atoms. The molecule has 2 aromatic rings. The molecule has 0 saturated heterocycles. The molecule has 0 unspecified atom stereocenters. The predicted octanol–water partition coefficient (Wildman–Crippen LogP) is 3.02. The Labute approximate surface area is 148 Å². The highest BCUT2D eigenvalue weighted by atomic mass is 32.2. The van der Waals surface area contributed by atoms with Gasteiger partial charge in [0.25, 0.3) is 10.0 Å². The van der Waals surface area contributed by atoms with Gasteiger partial charge in [0, 0.05) is 17.7 Å². The van der Waals surface area contributed by atoms with Crippen LogP contribution in [0.3, 0.4) is 0 Å². The molecule has 0 fully saturated rings. The van der Waals surface area contributed by atoms with Gasteiger partial charge in [-0.2, -0.15) is 0 Å². The first-order valence-electron chi connectivity index (χ1n) is 8.39. The van der Waals surface area contributed by atoms with Crippen molar-refractivity contribution >= 4 is 21.6 Å². The van der Waals surface area contributed by atoms with E-state index in [1.54, 1.807) is 30.3 Å². The highest BCUT2D eigenvalue weighted by Crippen LogP contribution is 2.42. The van der Waals surface area contributed by atoms with Crippen LogP contribution in [0.4, 0.5) is 5.69 Å². The summed E-state index contributed by atoms with van der Waals surface area (Å²) in [6.07, 6.45) is 0.859. The van der Waals surface area contributed by atoms with Gasteiger partial charge < -0.3 is 5.32 Å². The van der Waals surface area contributed by atoms with E-state index >= 15 is 0 Å². The Bertz CT molecular complexity index is 891. The number of hydrogen-bond donors (Lipinski definition) is 1. The quantitative estimate of drug-likeness (QED) is 0.893. The standard InChI is InChI=1S/C19H22N2O3S/c1-14(2)11-12-20-19(22)13-21-17-9-5-3-7-15(17)16-8-4-6-10-18(16)25(21,23)24/h3-10,14H,11-13H2,1-2H3,(H,20,22). The zero-order chi connectivity index (χ0) is 18.0. The van der Waals surface area contributed by atoms with E-state index in [1.807, 2.05) is 18.2 Å². The van der Waals surface area contributed by atoms with E-state index in [9.17, 15) is 13.2 Å². The first-order valence-corrected chi connectivity index (χ1v) is 9.83. The van der Waals surface area contributed by atoms with Gasteiger partial charge >= 0.3 is 0 Å². The zero-order valence-corrected chi connectivity index (χ0v) is 15.2. The second-order valence-electron chi connectivity index (χ2n) is 6.56. The second kappa shape index (κ2) is 6.88. The number of amides is 1. The van der Waals surface area contributed by atoms with E-state index in [0.29, 0.717) is 23.7 Å². The van der Waals surface area contributed by atoms with E-state index in [2.05, 4.69) is 19.2 Å². The minimum absolute atomic E-state index is 0.216. The zero-order valence-electron chi connectivity index (χ0n) is 14.4. The third-order valence-electron chi connectivity index (χ3n) is 4.25. The molecule has 1 aliphatic heterocycles. The number of benzene rings is 2. The molecular weight excluding hydrogens is 336 g/mol. The van der Waals surface area contributed by atoms with Crippen molar-refractivity contribution in [2.75, 3.05) is 17.4 Å². The van der Waals surface area contributed by atoms with Crippen molar-refractivity contribution in [3.63, 3.8) is 0 Å². The number of anilines is 1. The Morgan fingerprint density at radius 2 is 1.68 bits per heavy atom. The van der Waals surface area contributed by atoms with Gasteiger partial charge in [0.2, 0.25) is 5.91 Å². The molecule has 5 nitrogen and oxygen atoms in total. The lowest BCUT2D eigenvalue weighted by molar-refractivity contribution is -0.119. The van der Waals surface area contributed by atoms with Crippen LogP contribution in [0.5, 0.6) is 0 Å².